The number of likely N-dealkylation sites (tertiary alicyclic amines) is 1. The van der Waals surface area contributed by atoms with E-state index in [0.717, 1.165) is 29.5 Å². The monoisotopic (exact) mass is 422 g/mol. The molecule has 0 aromatic heterocycles. The summed E-state index contributed by atoms with van der Waals surface area (Å²) in [6, 6.07) is 5.54. The number of aliphatic hydroxyl groups excluding tert-OH is 1. The molecule has 2 rings (SSSR count). The number of rotatable bonds is 4. The van der Waals surface area contributed by atoms with Crippen LogP contribution in [0.3, 0.4) is 0 Å². The Balaban J connectivity index is 2.20. The first-order chi connectivity index (χ1) is 10.0. The van der Waals surface area contributed by atoms with Crippen molar-refractivity contribution in [3.8, 4) is 0 Å². The van der Waals surface area contributed by atoms with Gasteiger partial charge in [0.05, 0.1) is 12.2 Å². The van der Waals surface area contributed by atoms with Crippen LogP contribution in [0.2, 0.25) is 5.02 Å². The van der Waals surface area contributed by atoms with E-state index in [2.05, 4.69) is 34.5 Å². The van der Waals surface area contributed by atoms with Gasteiger partial charge in [0.2, 0.25) is 0 Å². The van der Waals surface area contributed by atoms with Gasteiger partial charge in [0.15, 0.2) is 0 Å². The zero-order valence-corrected chi connectivity index (χ0v) is 15.0. The maximum Gasteiger partial charge on any atom is 0.255 e. The van der Waals surface area contributed by atoms with Gasteiger partial charge in [-0.25, -0.2) is 0 Å². The van der Waals surface area contributed by atoms with Gasteiger partial charge in [-0.05, 0) is 73.8 Å². The molecule has 0 saturated carbocycles. The topological polar surface area (TPSA) is 43.8 Å². The molecule has 1 saturated heterocycles. The third-order valence-electron chi connectivity index (χ3n) is 3.89. The predicted octanol–water partition coefficient (Wildman–Crippen LogP) is 2.47. The van der Waals surface area contributed by atoms with Crippen LogP contribution in [0.25, 0.3) is 0 Å². The van der Waals surface area contributed by atoms with Gasteiger partial charge in [-0.1, -0.05) is 11.6 Å². The molecule has 1 aliphatic rings. The second-order valence-corrected chi connectivity index (χ2v) is 6.98. The van der Waals surface area contributed by atoms with E-state index >= 15 is 0 Å². The minimum Gasteiger partial charge on any atom is -0.395 e. The van der Waals surface area contributed by atoms with E-state index in [0.29, 0.717) is 17.1 Å². The summed E-state index contributed by atoms with van der Waals surface area (Å²) in [5.41, 5.74) is 0.621. The van der Waals surface area contributed by atoms with E-state index in [1.807, 2.05) is 6.07 Å². The van der Waals surface area contributed by atoms with Crippen molar-refractivity contribution in [3.63, 3.8) is 0 Å². The van der Waals surface area contributed by atoms with Crippen molar-refractivity contribution < 1.29 is 9.90 Å². The van der Waals surface area contributed by atoms with Gasteiger partial charge in [-0.2, -0.15) is 0 Å². The van der Waals surface area contributed by atoms with Gasteiger partial charge in [0.1, 0.15) is 0 Å². The predicted molar refractivity (Wildman–Crippen MR) is 92.8 cm³/mol. The number of carbonyl (C=O) groups excluding carboxylic acids is 1. The number of carbonyl (C=O) groups is 1. The lowest BCUT2D eigenvalue weighted by molar-refractivity contribution is 0.0539. The molecule has 21 heavy (non-hydrogen) atoms. The van der Waals surface area contributed by atoms with Crippen LogP contribution in [0.15, 0.2) is 18.2 Å². The molecule has 0 spiro atoms. The average Bonchev–Trinajstić information content (AvgIpc) is 2.48. The molecule has 4 nitrogen and oxygen atoms in total. The van der Waals surface area contributed by atoms with E-state index < -0.39 is 0 Å². The first-order valence-corrected chi connectivity index (χ1v) is 8.54. The Hall–Kier alpha value is -0.370. The Kier molecular flexibility index (Phi) is 6.28. The van der Waals surface area contributed by atoms with Crippen molar-refractivity contribution in [2.45, 2.75) is 18.9 Å². The fraction of sp³-hybridized carbons (Fsp3) is 0.533. The minimum absolute atomic E-state index is 0.0186. The molecule has 0 radical (unpaired) electrons. The van der Waals surface area contributed by atoms with Gasteiger partial charge in [0.25, 0.3) is 5.91 Å². The quantitative estimate of drug-likeness (QED) is 0.758. The molecule has 1 heterocycles. The average molecular weight is 423 g/mol. The second kappa shape index (κ2) is 7.76. The van der Waals surface area contributed by atoms with Crippen molar-refractivity contribution in [1.82, 2.24) is 9.80 Å². The van der Waals surface area contributed by atoms with Crippen molar-refractivity contribution in [1.29, 1.82) is 0 Å². The third kappa shape index (κ3) is 4.31. The first kappa shape index (κ1) is 17.0. The van der Waals surface area contributed by atoms with Crippen LogP contribution < -0.4 is 0 Å². The van der Waals surface area contributed by atoms with Crippen molar-refractivity contribution in [2.75, 3.05) is 33.3 Å². The maximum atomic E-state index is 12.8. The molecule has 6 heteroatoms. The molecule has 1 aliphatic heterocycles. The second-order valence-electron chi connectivity index (χ2n) is 5.38. The summed E-state index contributed by atoms with van der Waals surface area (Å²) in [5.74, 6) is -0.0366. The summed E-state index contributed by atoms with van der Waals surface area (Å²) >= 11 is 8.17. The molecule has 1 amide bonds. The van der Waals surface area contributed by atoms with Crippen LogP contribution in [-0.2, 0) is 0 Å². The minimum atomic E-state index is -0.0366. The molecule has 0 bridgehead atoms. The zero-order valence-electron chi connectivity index (χ0n) is 12.1. The molecule has 0 atom stereocenters. The van der Waals surface area contributed by atoms with Crippen LogP contribution in [0.1, 0.15) is 23.2 Å². The molecule has 1 N–H and O–H groups in total. The summed E-state index contributed by atoms with van der Waals surface area (Å²) in [5, 5.41) is 9.87. The van der Waals surface area contributed by atoms with Crippen LogP contribution in [-0.4, -0.2) is 60.1 Å². The van der Waals surface area contributed by atoms with Crippen molar-refractivity contribution in [2.24, 2.45) is 0 Å². The summed E-state index contributed by atoms with van der Waals surface area (Å²) in [6.07, 6.45) is 1.89. The molecule has 0 aliphatic carbocycles. The van der Waals surface area contributed by atoms with E-state index in [4.69, 9.17) is 11.6 Å². The van der Waals surface area contributed by atoms with Gasteiger partial charge in [-0.3, -0.25) is 4.79 Å². The Morgan fingerprint density at radius 3 is 2.76 bits per heavy atom. The van der Waals surface area contributed by atoms with E-state index in [-0.39, 0.29) is 18.6 Å². The molecule has 0 unspecified atom stereocenters. The third-order valence-corrected chi connectivity index (χ3v) is 5.07. The van der Waals surface area contributed by atoms with E-state index in [1.165, 1.54) is 0 Å². The largest absolute Gasteiger partial charge is 0.395 e. The van der Waals surface area contributed by atoms with Crippen molar-refractivity contribution >= 4 is 40.1 Å². The Labute approximate surface area is 144 Å². The summed E-state index contributed by atoms with van der Waals surface area (Å²) in [7, 11) is 2.09. The maximum absolute atomic E-state index is 12.8. The molecule has 1 aromatic rings. The normalized spacial score (nSPS) is 17.0. The van der Waals surface area contributed by atoms with Crippen LogP contribution in [0.4, 0.5) is 0 Å². The summed E-state index contributed by atoms with van der Waals surface area (Å²) < 4.78 is 0.887. The Morgan fingerprint density at radius 2 is 2.14 bits per heavy atom. The lowest BCUT2D eigenvalue weighted by Crippen LogP contribution is -2.47. The van der Waals surface area contributed by atoms with E-state index in [1.54, 1.807) is 17.0 Å². The molecule has 1 aromatic carbocycles. The van der Waals surface area contributed by atoms with E-state index in [9.17, 15) is 9.90 Å². The number of nitrogens with zero attached hydrogens (tertiary/aromatic N) is 2. The Bertz CT molecular complexity index is 504. The highest BCUT2D eigenvalue weighted by molar-refractivity contribution is 14.1. The fourth-order valence-corrected chi connectivity index (χ4v) is 3.42. The number of halogens is 2. The van der Waals surface area contributed by atoms with Crippen LogP contribution >= 0.6 is 34.2 Å². The Morgan fingerprint density at radius 1 is 1.48 bits per heavy atom. The van der Waals surface area contributed by atoms with Gasteiger partial charge in [-0.15, -0.1) is 0 Å². The number of aliphatic hydroxyl groups is 1. The SMILES string of the molecule is CN1CCC(N(CCO)C(=O)c2cc(Cl)ccc2I)CC1. The summed E-state index contributed by atoms with van der Waals surface area (Å²) in [4.78, 5) is 16.9. The number of amides is 1. The lowest BCUT2D eigenvalue weighted by atomic mass is 10.0. The first-order valence-electron chi connectivity index (χ1n) is 7.08. The molecule has 1 fully saturated rings. The van der Waals surface area contributed by atoms with Crippen LogP contribution in [0, 0.1) is 3.57 Å². The molecular weight excluding hydrogens is 403 g/mol. The van der Waals surface area contributed by atoms with Gasteiger partial charge < -0.3 is 14.9 Å². The molecular formula is C15H20ClIN2O2. The van der Waals surface area contributed by atoms with Crippen molar-refractivity contribution in [3.05, 3.63) is 32.4 Å². The highest BCUT2D eigenvalue weighted by Crippen LogP contribution is 2.23. The highest BCUT2D eigenvalue weighted by atomic mass is 127. The standard InChI is InChI=1S/C15H20ClIN2O2/c1-18-6-4-12(5-7-18)19(8-9-20)15(21)13-10-11(16)2-3-14(13)17/h2-3,10,12,20H,4-9H2,1H3. The number of hydrogen-bond donors (Lipinski definition) is 1. The lowest BCUT2D eigenvalue weighted by Gasteiger charge is -2.37. The fourth-order valence-electron chi connectivity index (χ4n) is 2.68. The zero-order chi connectivity index (χ0) is 15.4. The smallest absolute Gasteiger partial charge is 0.255 e. The summed E-state index contributed by atoms with van der Waals surface area (Å²) in [6.45, 7) is 2.31. The number of benzene rings is 1. The molecule has 116 valence electrons. The number of piperidine rings is 1. The number of hydrogen-bond acceptors (Lipinski definition) is 3. The van der Waals surface area contributed by atoms with Gasteiger partial charge in [0, 0.05) is 21.2 Å². The van der Waals surface area contributed by atoms with Gasteiger partial charge >= 0.3 is 0 Å². The highest BCUT2D eigenvalue weighted by Gasteiger charge is 2.28. The van der Waals surface area contributed by atoms with Crippen LogP contribution in [0.5, 0.6) is 0 Å².